The summed E-state index contributed by atoms with van der Waals surface area (Å²) in [6.07, 6.45) is 3.85. The summed E-state index contributed by atoms with van der Waals surface area (Å²) in [5.41, 5.74) is 2.94. The fourth-order valence-corrected chi connectivity index (χ4v) is 2.38. The van der Waals surface area contributed by atoms with Gasteiger partial charge in [0.2, 0.25) is 0 Å². The van der Waals surface area contributed by atoms with Crippen LogP contribution in [0.15, 0.2) is 0 Å². The van der Waals surface area contributed by atoms with Crippen LogP contribution < -0.4 is 11.3 Å². The number of ether oxygens (including phenoxy) is 1. The van der Waals surface area contributed by atoms with Crippen molar-refractivity contribution >= 4 is 0 Å². The van der Waals surface area contributed by atoms with Crippen LogP contribution in [0.5, 0.6) is 0 Å². The van der Waals surface area contributed by atoms with Crippen LogP contribution in [-0.4, -0.2) is 43.3 Å². The molecule has 1 fully saturated rings. The maximum Gasteiger partial charge on any atom is 0.0868 e. The molecule has 0 aromatic heterocycles. The second-order valence-corrected chi connectivity index (χ2v) is 5.40. The standard InChI is InChI=1S/C13H29N3O/c1-4-16-8-9-17-13(10-16)12(15-14)7-5-6-11(2)3/h11-13,15H,4-10,14H2,1-3H3. The number of morpholine rings is 1. The molecule has 0 saturated carbocycles. The lowest BCUT2D eigenvalue weighted by Gasteiger charge is -2.36. The van der Waals surface area contributed by atoms with E-state index in [0.717, 1.165) is 38.6 Å². The van der Waals surface area contributed by atoms with E-state index in [-0.39, 0.29) is 6.10 Å². The predicted octanol–water partition coefficient (Wildman–Crippen LogP) is 1.37. The number of hydrazine groups is 1. The molecule has 0 amide bonds. The van der Waals surface area contributed by atoms with Crippen LogP contribution in [0.3, 0.4) is 0 Å². The predicted molar refractivity (Wildman–Crippen MR) is 71.7 cm³/mol. The maximum absolute atomic E-state index is 5.84. The van der Waals surface area contributed by atoms with Gasteiger partial charge in [0.15, 0.2) is 0 Å². The van der Waals surface area contributed by atoms with Gasteiger partial charge in [-0.05, 0) is 18.9 Å². The first kappa shape index (κ1) is 14.9. The number of hydrogen-bond acceptors (Lipinski definition) is 4. The average molecular weight is 243 g/mol. The molecule has 102 valence electrons. The molecule has 4 nitrogen and oxygen atoms in total. The van der Waals surface area contributed by atoms with Gasteiger partial charge in [-0.1, -0.05) is 33.6 Å². The van der Waals surface area contributed by atoms with E-state index in [1.165, 1.54) is 12.8 Å². The SMILES string of the molecule is CCN1CCOC(C(CCCC(C)C)NN)C1. The van der Waals surface area contributed by atoms with Crippen molar-refractivity contribution in [2.24, 2.45) is 11.8 Å². The van der Waals surface area contributed by atoms with Gasteiger partial charge in [0.1, 0.15) is 0 Å². The van der Waals surface area contributed by atoms with Gasteiger partial charge in [-0.3, -0.25) is 16.2 Å². The van der Waals surface area contributed by atoms with Gasteiger partial charge in [0, 0.05) is 19.1 Å². The Kier molecular flexibility index (Phi) is 7.04. The second kappa shape index (κ2) is 8.03. The summed E-state index contributed by atoms with van der Waals surface area (Å²) in [4.78, 5) is 2.43. The highest BCUT2D eigenvalue weighted by atomic mass is 16.5. The number of nitrogens with two attached hydrogens (primary N) is 1. The van der Waals surface area contributed by atoms with Crippen LogP contribution in [0.2, 0.25) is 0 Å². The van der Waals surface area contributed by atoms with Crippen molar-refractivity contribution < 1.29 is 4.74 Å². The summed E-state index contributed by atoms with van der Waals surface area (Å²) in [5.74, 6) is 6.43. The molecule has 1 aliphatic rings. The molecule has 2 unspecified atom stereocenters. The van der Waals surface area contributed by atoms with Crippen LogP contribution in [0, 0.1) is 5.92 Å². The lowest BCUT2D eigenvalue weighted by Crippen LogP contribution is -2.53. The van der Waals surface area contributed by atoms with Gasteiger partial charge < -0.3 is 4.74 Å². The molecule has 0 aliphatic carbocycles. The van der Waals surface area contributed by atoms with Crippen molar-refractivity contribution in [1.82, 2.24) is 10.3 Å². The Balaban J connectivity index is 2.32. The highest BCUT2D eigenvalue weighted by molar-refractivity contribution is 4.81. The molecule has 4 heteroatoms. The number of rotatable bonds is 7. The molecule has 3 N–H and O–H groups in total. The Morgan fingerprint density at radius 1 is 1.41 bits per heavy atom. The number of nitrogens with zero attached hydrogens (tertiary/aromatic N) is 1. The third-order valence-corrected chi connectivity index (χ3v) is 3.58. The van der Waals surface area contributed by atoms with E-state index in [4.69, 9.17) is 10.6 Å². The van der Waals surface area contributed by atoms with Gasteiger partial charge >= 0.3 is 0 Å². The largest absolute Gasteiger partial charge is 0.374 e. The average Bonchev–Trinajstić information content (AvgIpc) is 2.34. The van der Waals surface area contributed by atoms with Gasteiger partial charge in [-0.2, -0.15) is 0 Å². The van der Waals surface area contributed by atoms with E-state index < -0.39 is 0 Å². The number of hydrogen-bond donors (Lipinski definition) is 2. The van der Waals surface area contributed by atoms with Crippen LogP contribution in [0.1, 0.15) is 40.0 Å². The molecule has 1 rings (SSSR count). The van der Waals surface area contributed by atoms with E-state index in [1.807, 2.05) is 0 Å². The summed E-state index contributed by atoms with van der Waals surface area (Å²) in [5, 5.41) is 0. The van der Waals surface area contributed by atoms with Gasteiger partial charge in [0.05, 0.1) is 12.7 Å². The zero-order valence-electron chi connectivity index (χ0n) is 11.6. The Morgan fingerprint density at radius 3 is 2.76 bits per heavy atom. The van der Waals surface area contributed by atoms with Crippen molar-refractivity contribution in [2.45, 2.75) is 52.2 Å². The molecule has 17 heavy (non-hydrogen) atoms. The zero-order chi connectivity index (χ0) is 12.7. The minimum atomic E-state index is 0.251. The molecule has 1 saturated heterocycles. The summed E-state index contributed by atoms with van der Waals surface area (Å²) in [6.45, 7) is 10.7. The van der Waals surface area contributed by atoms with Gasteiger partial charge in [-0.15, -0.1) is 0 Å². The van der Waals surface area contributed by atoms with Crippen molar-refractivity contribution in [2.75, 3.05) is 26.2 Å². The molecule has 0 spiro atoms. The third-order valence-electron chi connectivity index (χ3n) is 3.58. The summed E-state index contributed by atoms with van der Waals surface area (Å²) in [6, 6.07) is 0.295. The van der Waals surface area contributed by atoms with Crippen LogP contribution in [0.4, 0.5) is 0 Å². The van der Waals surface area contributed by atoms with E-state index >= 15 is 0 Å². The van der Waals surface area contributed by atoms with Gasteiger partial charge in [-0.25, -0.2) is 0 Å². The van der Waals surface area contributed by atoms with E-state index in [1.54, 1.807) is 0 Å². The molecular formula is C13H29N3O. The first-order valence-electron chi connectivity index (χ1n) is 6.97. The Morgan fingerprint density at radius 2 is 2.18 bits per heavy atom. The Bertz CT molecular complexity index is 199. The molecule has 0 aromatic rings. The van der Waals surface area contributed by atoms with E-state index in [2.05, 4.69) is 31.1 Å². The summed E-state index contributed by atoms with van der Waals surface area (Å²) < 4.78 is 5.84. The molecule has 0 radical (unpaired) electrons. The first-order chi connectivity index (χ1) is 8.17. The second-order valence-electron chi connectivity index (χ2n) is 5.40. The molecule has 2 atom stereocenters. The summed E-state index contributed by atoms with van der Waals surface area (Å²) >= 11 is 0. The third kappa shape index (κ3) is 5.34. The number of nitrogens with one attached hydrogen (secondary N) is 1. The smallest absolute Gasteiger partial charge is 0.0868 e. The number of likely N-dealkylation sites (N-methyl/N-ethyl adjacent to an activating group) is 1. The van der Waals surface area contributed by atoms with E-state index in [9.17, 15) is 0 Å². The quantitative estimate of drug-likeness (QED) is 0.524. The molecule has 1 aliphatic heterocycles. The van der Waals surface area contributed by atoms with Crippen LogP contribution in [-0.2, 0) is 4.74 Å². The summed E-state index contributed by atoms with van der Waals surface area (Å²) in [7, 11) is 0. The lowest BCUT2D eigenvalue weighted by atomic mass is 9.99. The first-order valence-corrected chi connectivity index (χ1v) is 6.97. The fourth-order valence-electron chi connectivity index (χ4n) is 2.38. The van der Waals surface area contributed by atoms with Crippen LogP contribution in [0.25, 0.3) is 0 Å². The molecule has 1 heterocycles. The fraction of sp³-hybridized carbons (Fsp3) is 1.00. The zero-order valence-corrected chi connectivity index (χ0v) is 11.6. The van der Waals surface area contributed by atoms with Crippen molar-refractivity contribution in [1.29, 1.82) is 0 Å². The lowest BCUT2D eigenvalue weighted by molar-refractivity contribution is -0.0466. The van der Waals surface area contributed by atoms with E-state index in [0.29, 0.717) is 6.04 Å². The Labute approximate surface area is 106 Å². The monoisotopic (exact) mass is 243 g/mol. The van der Waals surface area contributed by atoms with Gasteiger partial charge in [0.25, 0.3) is 0 Å². The van der Waals surface area contributed by atoms with Crippen molar-refractivity contribution in [3.63, 3.8) is 0 Å². The highest BCUT2D eigenvalue weighted by Crippen LogP contribution is 2.15. The molecular weight excluding hydrogens is 214 g/mol. The minimum Gasteiger partial charge on any atom is -0.374 e. The highest BCUT2D eigenvalue weighted by Gasteiger charge is 2.26. The minimum absolute atomic E-state index is 0.251. The molecule has 0 bridgehead atoms. The normalized spacial score (nSPS) is 24.2. The van der Waals surface area contributed by atoms with Crippen LogP contribution >= 0.6 is 0 Å². The topological polar surface area (TPSA) is 50.5 Å². The Hall–Kier alpha value is -0.160. The maximum atomic E-state index is 5.84. The van der Waals surface area contributed by atoms with Crippen molar-refractivity contribution in [3.8, 4) is 0 Å². The molecule has 0 aromatic carbocycles. The van der Waals surface area contributed by atoms with Crippen molar-refractivity contribution in [3.05, 3.63) is 0 Å².